The zero-order valence-electron chi connectivity index (χ0n) is 15.0. The van der Waals surface area contributed by atoms with Crippen LogP contribution >= 0.6 is 0 Å². The number of hydrogen-bond donors (Lipinski definition) is 0. The Labute approximate surface area is 138 Å². The van der Waals surface area contributed by atoms with Crippen molar-refractivity contribution >= 4 is 16.1 Å². The summed E-state index contributed by atoms with van der Waals surface area (Å²) < 4.78 is 22.5. The van der Waals surface area contributed by atoms with E-state index in [0.29, 0.717) is 18.8 Å². The maximum Gasteiger partial charge on any atom is 0.188 e. The Morgan fingerprint density at radius 1 is 1.05 bits per heavy atom. The highest BCUT2D eigenvalue weighted by Crippen LogP contribution is 2.42. The Hall–Kier alpha value is 0.284. The molecule has 1 aliphatic heterocycles. The van der Waals surface area contributed by atoms with Gasteiger partial charge in [-0.3, -0.25) is 0 Å². The van der Waals surface area contributed by atoms with Crippen LogP contribution < -0.4 is 0 Å². The van der Waals surface area contributed by atoms with Gasteiger partial charge in [0.2, 0.25) is 0 Å². The molecule has 2 rings (SSSR count). The Bertz CT molecular complexity index is 350. The second-order valence-electron chi connectivity index (χ2n) is 9.06. The van der Waals surface area contributed by atoms with E-state index < -0.39 is 23.0 Å². The van der Waals surface area contributed by atoms with Crippen molar-refractivity contribution in [2.45, 2.75) is 88.3 Å². The maximum absolute atomic E-state index is 12.0. The summed E-state index contributed by atoms with van der Waals surface area (Å²) in [6.07, 6.45) is 7.78. The number of rotatable bonds is 10. The summed E-state index contributed by atoms with van der Waals surface area (Å²) in [5.74, 6) is 0.929. The topological polar surface area (TPSA) is 21.8 Å². The first-order valence-corrected chi connectivity index (χ1v) is 15.9. The summed E-state index contributed by atoms with van der Waals surface area (Å²) >= 11 is 0. The normalized spacial score (nSPS) is 28.5. The van der Waals surface area contributed by atoms with Gasteiger partial charge in [0.15, 0.2) is 6.86 Å². The third-order valence-electron chi connectivity index (χ3n) is 5.52. The summed E-state index contributed by atoms with van der Waals surface area (Å²) in [6.45, 7) is 10.2. The zero-order chi connectivity index (χ0) is 16.2. The molecule has 0 aromatic heterocycles. The molecule has 3 atom stereocenters. The van der Waals surface area contributed by atoms with E-state index in [1.54, 1.807) is 0 Å². The second kappa shape index (κ2) is 7.90. The molecule has 0 N–H and O–H groups in total. The quantitative estimate of drug-likeness (QED) is 0.307. The van der Waals surface area contributed by atoms with Crippen molar-refractivity contribution in [3.8, 4) is 0 Å². The molecule has 0 aromatic carbocycles. The number of ether oxygens (including phenoxy) is 2. The van der Waals surface area contributed by atoms with Gasteiger partial charge in [0.25, 0.3) is 0 Å². The van der Waals surface area contributed by atoms with Crippen molar-refractivity contribution in [3.05, 3.63) is 0 Å². The summed E-state index contributed by atoms with van der Waals surface area (Å²) in [7, 11) is -2.24. The highest BCUT2D eigenvalue weighted by atomic mass is 28.4. The highest BCUT2D eigenvalue weighted by Gasteiger charge is 2.44. The van der Waals surface area contributed by atoms with Gasteiger partial charge >= 0.3 is 0 Å². The van der Waals surface area contributed by atoms with Crippen LogP contribution in [-0.2, 0) is 9.47 Å². The molecule has 22 heavy (non-hydrogen) atoms. The number of alkyl halides is 1. The molecular formula is C17H35FO2Si2. The lowest BCUT2D eigenvalue weighted by molar-refractivity contribution is 0.0583. The van der Waals surface area contributed by atoms with Crippen molar-refractivity contribution in [1.82, 2.24) is 0 Å². The Morgan fingerprint density at radius 3 is 2.45 bits per heavy atom. The predicted octanol–water partition coefficient (Wildman–Crippen LogP) is 5.23. The van der Waals surface area contributed by atoms with Gasteiger partial charge in [-0.1, -0.05) is 50.4 Å². The van der Waals surface area contributed by atoms with Crippen molar-refractivity contribution in [2.75, 3.05) is 13.5 Å². The van der Waals surface area contributed by atoms with E-state index in [-0.39, 0.29) is 0 Å². The minimum atomic E-state index is -1.15. The van der Waals surface area contributed by atoms with Gasteiger partial charge in [-0.25, -0.2) is 4.39 Å². The molecule has 1 saturated heterocycles. The smallest absolute Gasteiger partial charge is 0.188 e. The fourth-order valence-electron chi connectivity index (χ4n) is 4.52. The largest absolute Gasteiger partial charge is 0.370 e. The Morgan fingerprint density at radius 2 is 1.77 bits per heavy atom. The fraction of sp³-hybridized carbons (Fsp3) is 1.00. The molecule has 1 aliphatic carbocycles. The molecule has 2 fully saturated rings. The standard InChI is InChI=1S/C17H35FO2Si2/c1-21(2,10-5-9-19-13-18)14-22(3,4)11-8-15-6-7-16-17(12-15)20-16/h15-17H,5-14H2,1-4H3. The van der Waals surface area contributed by atoms with Crippen LogP contribution in [0, 0.1) is 5.92 Å². The van der Waals surface area contributed by atoms with Crippen LogP contribution in [-0.4, -0.2) is 41.8 Å². The molecule has 2 aliphatic rings. The predicted molar refractivity (Wildman–Crippen MR) is 96.5 cm³/mol. The number of hydrogen-bond acceptors (Lipinski definition) is 2. The van der Waals surface area contributed by atoms with Gasteiger partial charge in [-0.05, 0) is 31.6 Å². The second-order valence-corrected chi connectivity index (χ2v) is 20.1. The molecule has 3 unspecified atom stereocenters. The van der Waals surface area contributed by atoms with Gasteiger partial charge < -0.3 is 9.47 Å². The molecule has 1 heterocycles. The summed E-state index contributed by atoms with van der Waals surface area (Å²) in [5, 5.41) is 0. The van der Waals surface area contributed by atoms with E-state index in [1.807, 2.05) is 0 Å². The number of epoxide rings is 1. The zero-order valence-corrected chi connectivity index (χ0v) is 17.0. The van der Waals surface area contributed by atoms with Crippen LogP contribution in [0.3, 0.4) is 0 Å². The fourth-order valence-corrected chi connectivity index (χ4v) is 18.6. The van der Waals surface area contributed by atoms with Crippen molar-refractivity contribution in [2.24, 2.45) is 5.92 Å². The molecule has 1 saturated carbocycles. The van der Waals surface area contributed by atoms with Gasteiger partial charge in [0, 0.05) is 22.8 Å². The van der Waals surface area contributed by atoms with Crippen LogP contribution in [0.2, 0.25) is 43.9 Å². The first-order chi connectivity index (χ1) is 10.3. The average molecular weight is 347 g/mol. The molecule has 5 heteroatoms. The number of fused-ring (bicyclic) bond motifs is 1. The Kier molecular flexibility index (Phi) is 6.69. The third-order valence-corrected chi connectivity index (χ3v) is 16.5. The van der Waals surface area contributed by atoms with Gasteiger partial charge in [-0.15, -0.1) is 0 Å². The van der Waals surface area contributed by atoms with E-state index in [2.05, 4.69) is 26.2 Å². The maximum atomic E-state index is 12.0. The first-order valence-electron chi connectivity index (χ1n) is 9.10. The molecule has 0 amide bonds. The van der Waals surface area contributed by atoms with Crippen LogP contribution in [0.25, 0.3) is 0 Å². The molecule has 0 radical (unpaired) electrons. The minimum absolute atomic E-state index is 0.597. The SMILES string of the molecule is C[Si](C)(CCCOCF)C[Si](C)(C)CCC1CCC2OC2C1. The molecule has 0 bridgehead atoms. The van der Waals surface area contributed by atoms with Gasteiger partial charge in [0.05, 0.1) is 12.2 Å². The van der Waals surface area contributed by atoms with Crippen molar-refractivity contribution < 1.29 is 13.9 Å². The van der Waals surface area contributed by atoms with Gasteiger partial charge in [0.1, 0.15) is 0 Å². The van der Waals surface area contributed by atoms with E-state index in [4.69, 9.17) is 9.47 Å². The number of halogens is 1. The van der Waals surface area contributed by atoms with Crippen LogP contribution in [0.1, 0.15) is 32.1 Å². The molecule has 0 spiro atoms. The van der Waals surface area contributed by atoms with Crippen LogP contribution in [0.4, 0.5) is 4.39 Å². The summed E-state index contributed by atoms with van der Waals surface area (Å²) in [4.78, 5) is 0. The summed E-state index contributed by atoms with van der Waals surface area (Å²) in [6, 6.07) is 2.76. The lowest BCUT2D eigenvalue weighted by Gasteiger charge is -2.33. The third kappa shape index (κ3) is 6.42. The Balaban J connectivity index is 1.67. The molecule has 130 valence electrons. The van der Waals surface area contributed by atoms with E-state index in [0.717, 1.165) is 12.3 Å². The highest BCUT2D eigenvalue weighted by molar-refractivity contribution is 6.95. The van der Waals surface area contributed by atoms with Crippen molar-refractivity contribution in [3.63, 3.8) is 0 Å². The lowest BCUT2D eigenvalue weighted by atomic mass is 9.88. The molecule has 2 nitrogen and oxygen atoms in total. The molecule has 0 aromatic rings. The van der Waals surface area contributed by atoms with Crippen LogP contribution in [0.15, 0.2) is 0 Å². The minimum Gasteiger partial charge on any atom is -0.370 e. The van der Waals surface area contributed by atoms with Gasteiger partial charge in [-0.2, -0.15) is 0 Å². The lowest BCUT2D eigenvalue weighted by Crippen LogP contribution is -2.39. The first kappa shape index (κ1) is 18.6. The molecular weight excluding hydrogens is 311 g/mol. The summed E-state index contributed by atoms with van der Waals surface area (Å²) in [5.41, 5.74) is 1.50. The van der Waals surface area contributed by atoms with E-state index >= 15 is 0 Å². The monoisotopic (exact) mass is 346 g/mol. The van der Waals surface area contributed by atoms with E-state index in [1.165, 1.54) is 43.4 Å². The van der Waals surface area contributed by atoms with E-state index in [9.17, 15) is 4.39 Å². The van der Waals surface area contributed by atoms with Crippen LogP contribution in [0.5, 0.6) is 0 Å². The van der Waals surface area contributed by atoms with Crippen molar-refractivity contribution in [1.29, 1.82) is 0 Å². The average Bonchev–Trinajstić information content (AvgIpc) is 3.19.